The Morgan fingerprint density at radius 2 is 2.20 bits per heavy atom. The second-order valence-corrected chi connectivity index (χ2v) is 4.01. The van der Waals surface area contributed by atoms with Crippen LogP contribution in [0.5, 0.6) is 0 Å². The van der Waals surface area contributed by atoms with Crippen LogP contribution in [0.2, 0.25) is 0 Å². The molecule has 0 spiro atoms. The summed E-state index contributed by atoms with van der Waals surface area (Å²) in [7, 11) is 0. The van der Waals surface area contributed by atoms with Crippen LogP contribution in [0.3, 0.4) is 0 Å². The van der Waals surface area contributed by atoms with Gasteiger partial charge in [-0.2, -0.15) is 0 Å². The maximum atomic E-state index is 5.49. The van der Waals surface area contributed by atoms with E-state index in [2.05, 4.69) is 9.97 Å². The molecule has 0 saturated heterocycles. The highest BCUT2D eigenvalue weighted by molar-refractivity contribution is 7.71. The van der Waals surface area contributed by atoms with Crippen LogP contribution in [0.15, 0.2) is 10.6 Å². The Kier molecular flexibility index (Phi) is 2.48. The summed E-state index contributed by atoms with van der Waals surface area (Å²) in [5.74, 6) is 1.56. The minimum atomic E-state index is 0.581. The molecule has 0 aliphatic heterocycles. The molecule has 0 aromatic carbocycles. The van der Waals surface area contributed by atoms with Crippen molar-refractivity contribution in [2.75, 3.05) is 0 Å². The van der Waals surface area contributed by atoms with E-state index in [-0.39, 0.29) is 0 Å². The zero-order valence-corrected chi connectivity index (χ0v) is 9.81. The fraction of sp³-hybridized carbons (Fsp3) is 0.400. The van der Waals surface area contributed by atoms with Crippen LogP contribution in [0.1, 0.15) is 23.0 Å². The first-order valence-corrected chi connectivity index (χ1v) is 5.16. The quantitative estimate of drug-likeness (QED) is 0.796. The minimum Gasteiger partial charge on any atom is -0.444 e. The van der Waals surface area contributed by atoms with Crippen molar-refractivity contribution in [2.24, 2.45) is 0 Å². The molecule has 0 fully saturated rings. The molecule has 0 aliphatic carbocycles. The summed E-state index contributed by atoms with van der Waals surface area (Å²) < 4.78 is 8.10. The van der Waals surface area contributed by atoms with Gasteiger partial charge in [0.1, 0.15) is 12.3 Å². The van der Waals surface area contributed by atoms with Gasteiger partial charge in [0, 0.05) is 11.9 Å². The number of aryl methyl sites for hydroxylation is 3. The summed E-state index contributed by atoms with van der Waals surface area (Å²) in [6.07, 6.45) is 1.96. The average molecular weight is 223 g/mol. The molecule has 15 heavy (non-hydrogen) atoms. The monoisotopic (exact) mass is 223 g/mol. The summed E-state index contributed by atoms with van der Waals surface area (Å²) in [6.45, 7) is 6.40. The lowest BCUT2D eigenvalue weighted by Gasteiger charge is -1.96. The van der Waals surface area contributed by atoms with Crippen molar-refractivity contribution in [1.29, 1.82) is 0 Å². The molecule has 0 saturated carbocycles. The molecule has 5 heteroatoms. The fourth-order valence-corrected chi connectivity index (χ4v) is 1.71. The highest BCUT2D eigenvalue weighted by atomic mass is 32.1. The lowest BCUT2D eigenvalue weighted by Crippen LogP contribution is -1.98. The van der Waals surface area contributed by atoms with Gasteiger partial charge in [-0.15, -0.1) is 0 Å². The summed E-state index contributed by atoms with van der Waals surface area (Å²) in [4.78, 5) is 7.37. The predicted molar refractivity (Wildman–Crippen MR) is 59.4 cm³/mol. The molecule has 1 N–H and O–H groups in total. The number of hydrogen-bond acceptors (Lipinski definition) is 3. The van der Waals surface area contributed by atoms with Gasteiger partial charge in [-0.05, 0) is 33.0 Å². The molecule has 0 atom stereocenters. The Hall–Kier alpha value is -1.36. The highest BCUT2D eigenvalue weighted by Gasteiger charge is 2.06. The number of aromatic nitrogens is 3. The van der Waals surface area contributed by atoms with Gasteiger partial charge >= 0.3 is 0 Å². The van der Waals surface area contributed by atoms with Crippen molar-refractivity contribution in [3.8, 4) is 0 Å². The molecule has 0 bridgehead atoms. The van der Waals surface area contributed by atoms with Crippen LogP contribution in [-0.4, -0.2) is 14.5 Å². The van der Waals surface area contributed by atoms with Crippen LogP contribution in [-0.2, 0) is 6.54 Å². The van der Waals surface area contributed by atoms with Crippen molar-refractivity contribution < 1.29 is 4.42 Å². The molecule has 0 aliphatic rings. The summed E-state index contributed by atoms with van der Waals surface area (Å²) in [5, 5.41) is 0. The van der Waals surface area contributed by atoms with Crippen molar-refractivity contribution >= 4 is 12.2 Å². The molecular formula is C10H13N3OS. The smallest absolute Gasteiger partial charge is 0.214 e. The van der Waals surface area contributed by atoms with E-state index in [0.717, 1.165) is 17.1 Å². The van der Waals surface area contributed by atoms with Gasteiger partial charge in [-0.25, -0.2) is 4.98 Å². The first-order valence-electron chi connectivity index (χ1n) is 4.75. The third kappa shape index (κ3) is 2.02. The minimum absolute atomic E-state index is 0.581. The first-order chi connectivity index (χ1) is 7.06. The Labute approximate surface area is 93.0 Å². The third-order valence-electron chi connectivity index (χ3n) is 2.29. The van der Waals surface area contributed by atoms with Gasteiger partial charge in [0.25, 0.3) is 0 Å². The zero-order valence-electron chi connectivity index (χ0n) is 9.00. The molecule has 2 aromatic rings. The van der Waals surface area contributed by atoms with E-state index in [1.165, 1.54) is 0 Å². The highest BCUT2D eigenvalue weighted by Crippen LogP contribution is 2.10. The molecule has 80 valence electrons. The molecule has 2 rings (SSSR count). The van der Waals surface area contributed by atoms with E-state index >= 15 is 0 Å². The van der Waals surface area contributed by atoms with E-state index in [1.54, 1.807) is 0 Å². The van der Waals surface area contributed by atoms with Crippen molar-refractivity contribution in [3.05, 3.63) is 34.0 Å². The van der Waals surface area contributed by atoms with E-state index in [0.29, 0.717) is 17.2 Å². The Balaban J connectivity index is 2.29. The largest absolute Gasteiger partial charge is 0.444 e. The Bertz CT molecular complexity index is 516. The number of oxazole rings is 1. The Morgan fingerprint density at radius 3 is 2.67 bits per heavy atom. The molecule has 2 heterocycles. The van der Waals surface area contributed by atoms with Crippen molar-refractivity contribution in [2.45, 2.75) is 27.3 Å². The molecule has 0 amide bonds. The van der Waals surface area contributed by atoms with E-state index < -0.39 is 0 Å². The molecule has 2 aromatic heterocycles. The van der Waals surface area contributed by atoms with Gasteiger partial charge < -0.3 is 14.0 Å². The van der Waals surface area contributed by atoms with E-state index in [1.807, 2.05) is 31.5 Å². The number of nitrogens with one attached hydrogen (secondary N) is 1. The van der Waals surface area contributed by atoms with E-state index in [9.17, 15) is 0 Å². The number of H-pyrrole nitrogens is 1. The van der Waals surface area contributed by atoms with Gasteiger partial charge in [0.2, 0.25) is 5.89 Å². The topological polar surface area (TPSA) is 46.8 Å². The predicted octanol–water partition coefficient (Wildman–Crippen LogP) is 2.51. The van der Waals surface area contributed by atoms with Crippen LogP contribution in [0, 0.1) is 25.5 Å². The zero-order chi connectivity index (χ0) is 11.0. The van der Waals surface area contributed by atoms with Crippen LogP contribution < -0.4 is 0 Å². The van der Waals surface area contributed by atoms with Crippen LogP contribution >= 0.6 is 12.2 Å². The Morgan fingerprint density at radius 1 is 1.47 bits per heavy atom. The van der Waals surface area contributed by atoms with Crippen molar-refractivity contribution in [1.82, 2.24) is 14.5 Å². The average Bonchev–Trinajstić information content (AvgIpc) is 2.59. The molecule has 4 nitrogen and oxygen atoms in total. The second-order valence-electron chi connectivity index (χ2n) is 3.62. The maximum Gasteiger partial charge on any atom is 0.214 e. The first kappa shape index (κ1) is 10.2. The van der Waals surface area contributed by atoms with Gasteiger partial charge in [0.15, 0.2) is 4.77 Å². The van der Waals surface area contributed by atoms with Gasteiger partial charge in [-0.3, -0.25) is 0 Å². The number of imidazole rings is 1. The number of rotatable bonds is 2. The van der Waals surface area contributed by atoms with Crippen LogP contribution in [0.25, 0.3) is 0 Å². The van der Waals surface area contributed by atoms with Gasteiger partial charge in [0.05, 0.1) is 5.69 Å². The summed E-state index contributed by atoms with van der Waals surface area (Å²) in [5.41, 5.74) is 1.98. The fourth-order valence-electron chi connectivity index (χ4n) is 1.44. The standard InChI is InChI=1S/C10H13N3OS/c1-6-4-13(10(15)11-6)5-9-12-7(2)8(3)14-9/h4H,5H2,1-3H3,(H,11,15). The van der Waals surface area contributed by atoms with Crippen LogP contribution in [0.4, 0.5) is 0 Å². The summed E-state index contributed by atoms with van der Waals surface area (Å²) >= 11 is 5.15. The second kappa shape index (κ2) is 3.66. The lowest BCUT2D eigenvalue weighted by atomic mass is 10.4. The lowest BCUT2D eigenvalue weighted by molar-refractivity contribution is 0.456. The number of aromatic amines is 1. The SMILES string of the molecule is Cc1cn(Cc2nc(C)c(C)o2)c(=S)[nH]1. The van der Waals surface area contributed by atoms with E-state index in [4.69, 9.17) is 16.6 Å². The van der Waals surface area contributed by atoms with Crippen molar-refractivity contribution in [3.63, 3.8) is 0 Å². The molecule has 0 unspecified atom stereocenters. The number of nitrogens with zero attached hydrogens (tertiary/aromatic N) is 2. The maximum absolute atomic E-state index is 5.49. The molecular weight excluding hydrogens is 210 g/mol. The number of hydrogen-bond donors (Lipinski definition) is 1. The normalized spacial score (nSPS) is 10.9. The summed E-state index contributed by atoms with van der Waals surface area (Å²) in [6, 6.07) is 0. The molecule has 0 radical (unpaired) electrons. The van der Waals surface area contributed by atoms with Gasteiger partial charge in [-0.1, -0.05) is 0 Å². The third-order valence-corrected chi connectivity index (χ3v) is 2.63.